The molecule has 2 atom stereocenters. The van der Waals surface area contributed by atoms with Crippen molar-refractivity contribution in [3.05, 3.63) is 81.5 Å². The molecule has 0 aliphatic carbocycles. The number of rotatable bonds is 8. The van der Waals surface area contributed by atoms with Gasteiger partial charge in [0.2, 0.25) is 5.91 Å². The van der Waals surface area contributed by atoms with Crippen molar-refractivity contribution < 1.29 is 28.6 Å². The Bertz CT molecular complexity index is 1230. The van der Waals surface area contributed by atoms with Crippen LogP contribution in [-0.4, -0.2) is 57.2 Å². The van der Waals surface area contributed by atoms with Crippen molar-refractivity contribution in [1.82, 2.24) is 4.90 Å². The second kappa shape index (κ2) is 10.7. The first-order chi connectivity index (χ1) is 17.0. The maximum absolute atomic E-state index is 13.8. The predicted molar refractivity (Wildman–Crippen MR) is 132 cm³/mol. The van der Waals surface area contributed by atoms with Crippen molar-refractivity contribution >= 4 is 34.8 Å². The number of ether oxygens (including phenoxy) is 3. The topological polar surface area (TPSA) is 94.2 Å². The molecule has 2 aromatic carbocycles. The monoisotopic (exact) mass is 494 g/mol. The Kier molecular flexibility index (Phi) is 7.48. The molecule has 182 valence electrons. The van der Waals surface area contributed by atoms with Gasteiger partial charge in [-0.05, 0) is 35.2 Å². The number of nitrogens with one attached hydrogen (secondary N) is 1. The summed E-state index contributed by atoms with van der Waals surface area (Å²) in [5.74, 6) is -1.33. The van der Waals surface area contributed by atoms with Crippen LogP contribution in [0.3, 0.4) is 0 Å². The van der Waals surface area contributed by atoms with Gasteiger partial charge in [0, 0.05) is 35.8 Å². The maximum Gasteiger partial charge on any atom is 0.341 e. The van der Waals surface area contributed by atoms with Crippen LogP contribution in [-0.2, 0) is 14.3 Å². The van der Waals surface area contributed by atoms with E-state index in [0.29, 0.717) is 30.0 Å². The number of nitrogens with zero attached hydrogens (tertiary/aromatic N) is 1. The van der Waals surface area contributed by atoms with Crippen molar-refractivity contribution in [2.75, 3.05) is 39.8 Å². The zero-order valence-corrected chi connectivity index (χ0v) is 20.5. The number of esters is 1. The minimum atomic E-state index is -0.661. The Morgan fingerprint density at radius 2 is 1.86 bits per heavy atom. The van der Waals surface area contributed by atoms with Gasteiger partial charge in [-0.2, -0.15) is 0 Å². The third-order valence-corrected chi connectivity index (χ3v) is 6.91. The molecule has 2 unspecified atom stereocenters. The third-order valence-electron chi connectivity index (χ3n) is 5.97. The summed E-state index contributed by atoms with van der Waals surface area (Å²) in [5, 5.41) is 4.89. The van der Waals surface area contributed by atoms with Crippen molar-refractivity contribution in [2.45, 2.75) is 12.0 Å². The minimum Gasteiger partial charge on any atom is -0.496 e. The van der Waals surface area contributed by atoms with E-state index in [1.807, 2.05) is 29.6 Å². The average Bonchev–Trinajstić information content (AvgIpc) is 3.42. The summed E-state index contributed by atoms with van der Waals surface area (Å²) in [6, 6.07) is 15.3. The summed E-state index contributed by atoms with van der Waals surface area (Å²) in [4.78, 5) is 41.9. The number of carbonyl (C=O) groups is 3. The molecule has 2 heterocycles. The molecule has 0 saturated heterocycles. The van der Waals surface area contributed by atoms with Gasteiger partial charge in [0.15, 0.2) is 0 Å². The van der Waals surface area contributed by atoms with E-state index >= 15 is 0 Å². The molecule has 0 saturated carbocycles. The zero-order chi connectivity index (χ0) is 24.9. The Hall–Kier alpha value is -3.69. The number of anilines is 1. The molecule has 3 aromatic rings. The average molecular weight is 495 g/mol. The molecule has 1 aliphatic heterocycles. The van der Waals surface area contributed by atoms with Gasteiger partial charge in [0.25, 0.3) is 5.91 Å². The Morgan fingerprint density at radius 1 is 1.06 bits per heavy atom. The van der Waals surface area contributed by atoms with Gasteiger partial charge >= 0.3 is 5.97 Å². The second-order valence-corrected chi connectivity index (χ2v) is 8.89. The van der Waals surface area contributed by atoms with Gasteiger partial charge < -0.3 is 24.4 Å². The number of hydrogen-bond acceptors (Lipinski definition) is 7. The molecule has 35 heavy (non-hydrogen) atoms. The van der Waals surface area contributed by atoms with Crippen LogP contribution in [0.5, 0.6) is 5.75 Å². The lowest BCUT2D eigenvalue weighted by Gasteiger charge is -2.41. The summed E-state index contributed by atoms with van der Waals surface area (Å²) in [5.41, 5.74) is 1.88. The summed E-state index contributed by atoms with van der Waals surface area (Å²) in [6.07, 6.45) is 0. The largest absolute Gasteiger partial charge is 0.496 e. The highest BCUT2D eigenvalue weighted by Crippen LogP contribution is 2.44. The molecule has 8 nitrogen and oxygen atoms in total. The molecule has 1 N–H and O–H groups in total. The van der Waals surface area contributed by atoms with Crippen molar-refractivity contribution in [1.29, 1.82) is 0 Å². The predicted octanol–water partition coefficient (Wildman–Crippen LogP) is 4.11. The van der Waals surface area contributed by atoms with E-state index in [4.69, 9.17) is 14.2 Å². The SMILES string of the molecule is COCCN1C(=O)c2ccccc2C(C(=O)Nc2ccc(C(=O)OC)c(OC)c2)C1c1cccs1. The van der Waals surface area contributed by atoms with Crippen LogP contribution < -0.4 is 10.1 Å². The molecular formula is C26H26N2O6S. The standard InChI is InChI=1S/C26H26N2O6S/c1-32-13-12-28-23(21-9-6-14-35-21)22(17-7-4-5-8-18(17)25(28)30)24(29)27-16-10-11-19(26(31)34-3)20(15-16)33-2/h4-11,14-15,22-23H,12-13H2,1-3H3,(H,27,29). The molecule has 0 spiro atoms. The van der Waals surface area contributed by atoms with E-state index in [1.54, 1.807) is 42.3 Å². The van der Waals surface area contributed by atoms with Crippen LogP contribution in [0.2, 0.25) is 0 Å². The molecule has 2 amide bonds. The number of amides is 2. The van der Waals surface area contributed by atoms with Crippen LogP contribution in [0.15, 0.2) is 60.0 Å². The zero-order valence-electron chi connectivity index (χ0n) is 19.6. The lowest BCUT2D eigenvalue weighted by molar-refractivity contribution is -0.119. The van der Waals surface area contributed by atoms with E-state index in [-0.39, 0.29) is 23.1 Å². The first-order valence-electron chi connectivity index (χ1n) is 11.0. The summed E-state index contributed by atoms with van der Waals surface area (Å²) in [6.45, 7) is 0.688. The molecule has 9 heteroatoms. The Balaban J connectivity index is 1.75. The number of fused-ring (bicyclic) bond motifs is 1. The van der Waals surface area contributed by atoms with Crippen LogP contribution >= 0.6 is 11.3 Å². The van der Waals surface area contributed by atoms with Crippen molar-refractivity contribution in [3.8, 4) is 5.75 Å². The Labute approximate surface area is 207 Å². The number of methoxy groups -OCH3 is 3. The summed E-state index contributed by atoms with van der Waals surface area (Å²) < 4.78 is 15.4. The van der Waals surface area contributed by atoms with Crippen molar-refractivity contribution in [2.24, 2.45) is 0 Å². The lowest BCUT2D eigenvalue weighted by atomic mass is 9.81. The van der Waals surface area contributed by atoms with E-state index in [2.05, 4.69) is 5.32 Å². The number of thiophene rings is 1. The fourth-order valence-corrected chi connectivity index (χ4v) is 5.23. The summed E-state index contributed by atoms with van der Waals surface area (Å²) >= 11 is 1.50. The van der Waals surface area contributed by atoms with Crippen LogP contribution in [0.25, 0.3) is 0 Å². The number of carbonyl (C=O) groups excluding carboxylic acids is 3. The van der Waals surface area contributed by atoms with Crippen LogP contribution in [0.1, 0.15) is 43.1 Å². The van der Waals surface area contributed by atoms with Gasteiger partial charge in [0.05, 0.1) is 32.8 Å². The van der Waals surface area contributed by atoms with E-state index in [0.717, 1.165) is 4.88 Å². The lowest BCUT2D eigenvalue weighted by Crippen LogP contribution is -2.47. The molecule has 1 aromatic heterocycles. The molecule has 1 aliphatic rings. The number of benzene rings is 2. The first-order valence-corrected chi connectivity index (χ1v) is 11.9. The highest BCUT2D eigenvalue weighted by Gasteiger charge is 2.44. The maximum atomic E-state index is 13.8. The first kappa shape index (κ1) is 24.4. The normalized spacial score (nSPS) is 17.0. The molecular weight excluding hydrogens is 468 g/mol. The fraction of sp³-hybridized carbons (Fsp3) is 0.269. The molecule has 0 fully saturated rings. The smallest absolute Gasteiger partial charge is 0.341 e. The van der Waals surface area contributed by atoms with Gasteiger partial charge in [-0.1, -0.05) is 24.3 Å². The molecule has 0 radical (unpaired) electrons. The van der Waals surface area contributed by atoms with Gasteiger partial charge in [-0.25, -0.2) is 4.79 Å². The second-order valence-electron chi connectivity index (χ2n) is 7.91. The van der Waals surface area contributed by atoms with E-state index in [9.17, 15) is 14.4 Å². The Morgan fingerprint density at radius 3 is 2.54 bits per heavy atom. The highest BCUT2D eigenvalue weighted by molar-refractivity contribution is 7.10. The van der Waals surface area contributed by atoms with E-state index < -0.39 is 17.9 Å². The van der Waals surface area contributed by atoms with Crippen LogP contribution in [0, 0.1) is 0 Å². The third kappa shape index (κ3) is 4.78. The van der Waals surface area contributed by atoms with Gasteiger partial charge in [0.1, 0.15) is 11.3 Å². The van der Waals surface area contributed by atoms with Crippen LogP contribution in [0.4, 0.5) is 5.69 Å². The van der Waals surface area contributed by atoms with Gasteiger partial charge in [-0.15, -0.1) is 11.3 Å². The fourth-order valence-electron chi connectivity index (χ4n) is 4.35. The minimum absolute atomic E-state index is 0.135. The van der Waals surface area contributed by atoms with Gasteiger partial charge in [-0.3, -0.25) is 9.59 Å². The quantitative estimate of drug-likeness (QED) is 0.474. The number of hydrogen-bond donors (Lipinski definition) is 1. The van der Waals surface area contributed by atoms with E-state index in [1.165, 1.54) is 25.6 Å². The summed E-state index contributed by atoms with van der Waals surface area (Å²) in [7, 11) is 4.31. The molecule has 4 rings (SSSR count). The molecule has 0 bridgehead atoms. The van der Waals surface area contributed by atoms with Crippen molar-refractivity contribution in [3.63, 3.8) is 0 Å². The highest BCUT2D eigenvalue weighted by atomic mass is 32.1.